The third-order valence-electron chi connectivity index (χ3n) is 4.68. The Morgan fingerprint density at radius 1 is 1.17 bits per heavy atom. The summed E-state index contributed by atoms with van der Waals surface area (Å²) in [6.07, 6.45) is 5.58. The topological polar surface area (TPSA) is 43.1 Å². The van der Waals surface area contributed by atoms with Crippen LogP contribution in [0.2, 0.25) is 0 Å². The molecule has 122 valence electrons. The van der Waals surface area contributed by atoms with Crippen LogP contribution in [0.5, 0.6) is 0 Å². The summed E-state index contributed by atoms with van der Waals surface area (Å²) in [5.41, 5.74) is 3.87. The number of carbonyl (C=O) groups is 1. The van der Waals surface area contributed by atoms with Gasteiger partial charge in [0.15, 0.2) is 11.5 Å². The Bertz CT molecular complexity index is 873. The van der Waals surface area contributed by atoms with Crippen molar-refractivity contribution < 1.29 is 9.32 Å². The van der Waals surface area contributed by atoms with Gasteiger partial charge in [0.1, 0.15) is 0 Å². The van der Waals surface area contributed by atoms with E-state index in [-0.39, 0.29) is 5.78 Å². The van der Waals surface area contributed by atoms with Crippen molar-refractivity contribution in [3.05, 3.63) is 74.8 Å². The third kappa shape index (κ3) is 2.94. The quantitative estimate of drug-likeness (QED) is 0.598. The first kappa shape index (κ1) is 15.3. The largest absolute Gasteiger partial charge is 0.360 e. The van der Waals surface area contributed by atoms with Crippen molar-refractivity contribution in [1.29, 1.82) is 0 Å². The summed E-state index contributed by atoms with van der Waals surface area (Å²) in [7, 11) is 0. The molecule has 3 nitrogen and oxygen atoms in total. The number of carbonyl (C=O) groups excluding carboxylic acids is 1. The standard InChI is InChI=1S/C20H19NO2S/c1-13-14(10-11-24-13)6-7-15-4-2-3-5-17(15)19(22)18-12-21-23-20(18)16-8-9-16/h2-5,10-12,16H,6-9H2,1H3. The number of aryl methyl sites for hydroxylation is 3. The average molecular weight is 337 g/mol. The van der Waals surface area contributed by atoms with E-state index >= 15 is 0 Å². The molecule has 1 fully saturated rings. The van der Waals surface area contributed by atoms with E-state index in [4.69, 9.17) is 4.52 Å². The van der Waals surface area contributed by atoms with E-state index in [0.29, 0.717) is 11.5 Å². The second-order valence-corrected chi connectivity index (χ2v) is 7.49. The zero-order valence-corrected chi connectivity index (χ0v) is 14.4. The van der Waals surface area contributed by atoms with Gasteiger partial charge in [0.05, 0.1) is 11.8 Å². The summed E-state index contributed by atoms with van der Waals surface area (Å²) in [5, 5.41) is 5.99. The molecular weight excluding hydrogens is 318 g/mol. The molecule has 0 aliphatic heterocycles. The summed E-state index contributed by atoms with van der Waals surface area (Å²) >= 11 is 1.77. The highest BCUT2D eigenvalue weighted by atomic mass is 32.1. The SMILES string of the molecule is Cc1sccc1CCc1ccccc1C(=O)c1cnoc1C1CC1. The summed E-state index contributed by atoms with van der Waals surface area (Å²) < 4.78 is 5.34. The lowest BCUT2D eigenvalue weighted by Crippen LogP contribution is -2.07. The Labute approximate surface area is 145 Å². The van der Waals surface area contributed by atoms with Crippen LogP contribution in [-0.2, 0) is 12.8 Å². The molecule has 0 unspecified atom stereocenters. The van der Waals surface area contributed by atoms with Crippen molar-refractivity contribution in [1.82, 2.24) is 5.16 Å². The highest BCUT2D eigenvalue weighted by molar-refractivity contribution is 7.10. The van der Waals surface area contributed by atoms with Crippen molar-refractivity contribution in [2.75, 3.05) is 0 Å². The monoisotopic (exact) mass is 337 g/mol. The number of aromatic nitrogens is 1. The molecule has 1 saturated carbocycles. The maximum atomic E-state index is 13.0. The van der Waals surface area contributed by atoms with E-state index in [1.807, 2.05) is 18.2 Å². The minimum absolute atomic E-state index is 0.0378. The van der Waals surface area contributed by atoms with E-state index < -0.39 is 0 Å². The second-order valence-electron chi connectivity index (χ2n) is 6.37. The van der Waals surface area contributed by atoms with Gasteiger partial charge in [-0.25, -0.2) is 0 Å². The van der Waals surface area contributed by atoms with Gasteiger partial charge in [0.25, 0.3) is 0 Å². The second kappa shape index (κ2) is 6.36. The van der Waals surface area contributed by atoms with Gasteiger partial charge in [-0.05, 0) is 55.2 Å². The van der Waals surface area contributed by atoms with Crippen LogP contribution in [-0.4, -0.2) is 10.9 Å². The number of benzene rings is 1. The number of thiophene rings is 1. The van der Waals surface area contributed by atoms with Crippen LogP contribution in [0.15, 0.2) is 46.4 Å². The zero-order chi connectivity index (χ0) is 16.5. The van der Waals surface area contributed by atoms with E-state index in [9.17, 15) is 4.79 Å². The molecule has 0 amide bonds. The summed E-state index contributed by atoms with van der Waals surface area (Å²) in [5.74, 6) is 1.19. The Morgan fingerprint density at radius 2 is 1.96 bits per heavy atom. The van der Waals surface area contributed by atoms with Crippen molar-refractivity contribution >= 4 is 17.1 Å². The van der Waals surface area contributed by atoms with Crippen LogP contribution in [0.3, 0.4) is 0 Å². The maximum absolute atomic E-state index is 13.0. The van der Waals surface area contributed by atoms with E-state index in [1.54, 1.807) is 17.5 Å². The van der Waals surface area contributed by atoms with Crippen molar-refractivity contribution in [2.45, 2.75) is 38.5 Å². The van der Waals surface area contributed by atoms with Crippen LogP contribution in [0.1, 0.15) is 56.4 Å². The third-order valence-corrected chi connectivity index (χ3v) is 5.57. The normalized spacial score (nSPS) is 14.0. The van der Waals surface area contributed by atoms with Crippen molar-refractivity contribution in [3.8, 4) is 0 Å². The molecule has 0 atom stereocenters. The highest BCUT2D eigenvalue weighted by Crippen LogP contribution is 2.42. The fourth-order valence-electron chi connectivity index (χ4n) is 3.10. The molecule has 1 aliphatic rings. The van der Waals surface area contributed by atoms with E-state index in [2.05, 4.69) is 29.6 Å². The number of nitrogens with zero attached hydrogens (tertiary/aromatic N) is 1. The molecule has 0 N–H and O–H groups in total. The molecular formula is C20H19NO2S. The van der Waals surface area contributed by atoms with Gasteiger partial charge < -0.3 is 4.52 Å². The number of hydrogen-bond acceptors (Lipinski definition) is 4. The van der Waals surface area contributed by atoms with Crippen molar-refractivity contribution in [3.63, 3.8) is 0 Å². The lowest BCUT2D eigenvalue weighted by molar-refractivity contribution is 0.103. The predicted octanol–water partition coefficient (Wildman–Crippen LogP) is 4.94. The summed E-state index contributed by atoms with van der Waals surface area (Å²) in [4.78, 5) is 14.4. The molecule has 2 aromatic heterocycles. The molecule has 4 rings (SSSR count). The molecule has 0 radical (unpaired) electrons. The molecule has 0 spiro atoms. The molecule has 3 aromatic rings. The van der Waals surface area contributed by atoms with Gasteiger partial charge in [-0.2, -0.15) is 0 Å². The molecule has 1 aromatic carbocycles. The average Bonchev–Trinajstić information content (AvgIpc) is 3.18. The summed E-state index contributed by atoms with van der Waals surface area (Å²) in [6, 6.07) is 10.1. The first-order chi connectivity index (χ1) is 11.7. The highest BCUT2D eigenvalue weighted by Gasteiger charge is 2.33. The van der Waals surface area contributed by atoms with Gasteiger partial charge in [-0.15, -0.1) is 11.3 Å². The minimum atomic E-state index is 0.0378. The lowest BCUT2D eigenvalue weighted by Gasteiger charge is -2.08. The molecule has 2 heterocycles. The summed E-state index contributed by atoms with van der Waals surface area (Å²) in [6.45, 7) is 2.15. The van der Waals surface area contributed by atoms with Gasteiger partial charge in [-0.3, -0.25) is 4.79 Å². The fourth-order valence-corrected chi connectivity index (χ4v) is 3.86. The van der Waals surface area contributed by atoms with E-state index in [0.717, 1.165) is 42.6 Å². The van der Waals surface area contributed by atoms with Crippen LogP contribution < -0.4 is 0 Å². The fraction of sp³-hybridized carbons (Fsp3) is 0.300. The first-order valence-electron chi connectivity index (χ1n) is 8.34. The van der Waals surface area contributed by atoms with Gasteiger partial charge in [0, 0.05) is 16.4 Å². The molecule has 0 bridgehead atoms. The predicted molar refractivity (Wildman–Crippen MR) is 94.8 cm³/mol. The van der Waals surface area contributed by atoms with Crippen LogP contribution in [0.4, 0.5) is 0 Å². The molecule has 24 heavy (non-hydrogen) atoms. The Balaban J connectivity index is 1.60. The maximum Gasteiger partial charge on any atom is 0.198 e. The van der Waals surface area contributed by atoms with E-state index in [1.165, 1.54) is 10.4 Å². The number of ketones is 1. The van der Waals surface area contributed by atoms with Gasteiger partial charge in [-0.1, -0.05) is 29.4 Å². The lowest BCUT2D eigenvalue weighted by atomic mass is 9.94. The number of rotatable bonds is 6. The first-order valence-corrected chi connectivity index (χ1v) is 9.22. The zero-order valence-electron chi connectivity index (χ0n) is 13.6. The van der Waals surface area contributed by atoms with Crippen LogP contribution in [0, 0.1) is 6.92 Å². The molecule has 0 saturated heterocycles. The van der Waals surface area contributed by atoms with Crippen molar-refractivity contribution in [2.24, 2.45) is 0 Å². The smallest absolute Gasteiger partial charge is 0.198 e. The van der Waals surface area contributed by atoms with Gasteiger partial charge in [0.2, 0.25) is 0 Å². The van der Waals surface area contributed by atoms with Crippen LogP contribution in [0.25, 0.3) is 0 Å². The Hall–Kier alpha value is -2.20. The molecule has 1 aliphatic carbocycles. The Morgan fingerprint density at radius 3 is 2.71 bits per heavy atom. The number of hydrogen-bond donors (Lipinski definition) is 0. The minimum Gasteiger partial charge on any atom is -0.360 e. The van der Waals surface area contributed by atoms with Crippen LogP contribution >= 0.6 is 11.3 Å². The Kier molecular flexibility index (Phi) is 4.07. The molecule has 4 heteroatoms. The van der Waals surface area contributed by atoms with Gasteiger partial charge >= 0.3 is 0 Å².